The number of carbonyl (C=O) groups excluding carboxylic acids is 1. The number of hydrogen-bond donors (Lipinski definition) is 1. The number of rotatable bonds is 5. The van der Waals surface area contributed by atoms with Crippen LogP contribution in [0.3, 0.4) is 0 Å². The molecule has 96 valence electrons. The summed E-state index contributed by atoms with van der Waals surface area (Å²) in [6.45, 7) is 4.49. The molecule has 1 amide bonds. The minimum absolute atomic E-state index is 0.0667. The number of hydrogen-bond acceptors (Lipinski definition) is 3. The number of amides is 1. The molecule has 0 spiro atoms. The van der Waals surface area contributed by atoms with Gasteiger partial charge < -0.3 is 10.0 Å². The van der Waals surface area contributed by atoms with Crippen molar-refractivity contribution < 1.29 is 9.90 Å². The zero-order valence-electron chi connectivity index (χ0n) is 10.8. The van der Waals surface area contributed by atoms with Crippen molar-refractivity contribution in [2.45, 2.75) is 26.3 Å². The first-order valence-corrected chi connectivity index (χ1v) is 6.02. The first-order valence-electron chi connectivity index (χ1n) is 6.02. The third-order valence-corrected chi connectivity index (χ3v) is 2.70. The van der Waals surface area contributed by atoms with Crippen molar-refractivity contribution in [2.75, 3.05) is 13.2 Å². The number of aliphatic hydroxyl groups excluding tert-OH is 1. The molecule has 0 heterocycles. The molecule has 1 rings (SSSR count). The predicted molar refractivity (Wildman–Crippen MR) is 69.0 cm³/mol. The molecule has 1 aromatic rings. The van der Waals surface area contributed by atoms with Gasteiger partial charge in [0.05, 0.1) is 11.6 Å². The van der Waals surface area contributed by atoms with E-state index >= 15 is 0 Å². The standard InChI is InChI=1S/C14H18N2O2/c1-11(2)16(8-3-9-17)14(18)13-6-4-12(10-15)5-7-13/h4-7,11,17H,3,8-9H2,1-2H3. The van der Waals surface area contributed by atoms with E-state index in [1.165, 1.54) is 0 Å². The van der Waals surface area contributed by atoms with Crippen molar-refractivity contribution in [3.05, 3.63) is 35.4 Å². The zero-order chi connectivity index (χ0) is 13.5. The van der Waals surface area contributed by atoms with Gasteiger partial charge in [-0.25, -0.2) is 0 Å². The second-order valence-corrected chi connectivity index (χ2v) is 4.36. The molecule has 0 aliphatic rings. The van der Waals surface area contributed by atoms with Crippen LogP contribution >= 0.6 is 0 Å². The Bertz CT molecular complexity index is 432. The number of nitriles is 1. The monoisotopic (exact) mass is 246 g/mol. The Hall–Kier alpha value is -1.86. The van der Waals surface area contributed by atoms with Crippen molar-refractivity contribution in [3.8, 4) is 6.07 Å². The highest BCUT2D eigenvalue weighted by molar-refractivity contribution is 5.94. The Morgan fingerprint density at radius 3 is 2.44 bits per heavy atom. The minimum Gasteiger partial charge on any atom is -0.396 e. The van der Waals surface area contributed by atoms with E-state index in [0.29, 0.717) is 24.1 Å². The predicted octanol–water partition coefficient (Wildman–Crippen LogP) is 1.79. The molecule has 0 saturated carbocycles. The molecule has 0 fully saturated rings. The molecule has 1 aromatic carbocycles. The van der Waals surface area contributed by atoms with Crippen molar-refractivity contribution in [1.29, 1.82) is 5.26 Å². The fourth-order valence-corrected chi connectivity index (χ4v) is 1.69. The van der Waals surface area contributed by atoms with Crippen LogP contribution in [0.4, 0.5) is 0 Å². The summed E-state index contributed by atoms with van der Waals surface area (Å²) in [5.74, 6) is -0.0667. The fraction of sp³-hybridized carbons (Fsp3) is 0.429. The van der Waals surface area contributed by atoms with Crippen LogP contribution in [0.15, 0.2) is 24.3 Å². The maximum atomic E-state index is 12.3. The van der Waals surface area contributed by atoms with Crippen LogP contribution in [0.25, 0.3) is 0 Å². The first kappa shape index (κ1) is 14.2. The lowest BCUT2D eigenvalue weighted by molar-refractivity contribution is 0.0693. The number of benzene rings is 1. The molecule has 0 aliphatic carbocycles. The third kappa shape index (κ3) is 3.57. The molecule has 0 unspecified atom stereocenters. The Morgan fingerprint density at radius 2 is 2.00 bits per heavy atom. The molecule has 0 atom stereocenters. The van der Waals surface area contributed by atoms with Crippen LogP contribution in [0, 0.1) is 11.3 Å². The topological polar surface area (TPSA) is 64.3 Å². The summed E-state index contributed by atoms with van der Waals surface area (Å²) in [4.78, 5) is 14.0. The van der Waals surface area contributed by atoms with Crippen molar-refractivity contribution in [2.24, 2.45) is 0 Å². The Balaban J connectivity index is 2.84. The Morgan fingerprint density at radius 1 is 1.39 bits per heavy atom. The maximum absolute atomic E-state index is 12.3. The van der Waals surface area contributed by atoms with Gasteiger partial charge in [-0.3, -0.25) is 4.79 Å². The lowest BCUT2D eigenvalue weighted by Gasteiger charge is -2.26. The van der Waals surface area contributed by atoms with E-state index in [1.807, 2.05) is 19.9 Å². The van der Waals surface area contributed by atoms with Crippen molar-refractivity contribution in [1.82, 2.24) is 4.90 Å². The Labute approximate surface area is 107 Å². The second-order valence-electron chi connectivity index (χ2n) is 4.36. The molecule has 0 aliphatic heterocycles. The molecule has 0 saturated heterocycles. The van der Waals surface area contributed by atoms with E-state index in [9.17, 15) is 4.79 Å². The van der Waals surface area contributed by atoms with Gasteiger partial charge >= 0.3 is 0 Å². The SMILES string of the molecule is CC(C)N(CCCO)C(=O)c1ccc(C#N)cc1. The molecule has 4 nitrogen and oxygen atoms in total. The van der Waals surface area contributed by atoms with Crippen LogP contribution in [-0.4, -0.2) is 35.1 Å². The summed E-state index contributed by atoms with van der Waals surface area (Å²) in [6.07, 6.45) is 0.570. The van der Waals surface area contributed by atoms with Gasteiger partial charge in [0, 0.05) is 24.8 Å². The Kier molecular flexibility index (Phi) is 5.34. The van der Waals surface area contributed by atoms with E-state index in [1.54, 1.807) is 29.2 Å². The van der Waals surface area contributed by atoms with E-state index in [-0.39, 0.29) is 18.6 Å². The average Bonchev–Trinajstić information content (AvgIpc) is 2.38. The molecule has 0 radical (unpaired) electrons. The minimum atomic E-state index is -0.0667. The molecule has 0 aromatic heterocycles. The molecular formula is C14H18N2O2. The van der Waals surface area contributed by atoms with Crippen molar-refractivity contribution in [3.63, 3.8) is 0 Å². The van der Waals surface area contributed by atoms with E-state index in [0.717, 1.165) is 0 Å². The van der Waals surface area contributed by atoms with Crippen LogP contribution in [0.2, 0.25) is 0 Å². The fourth-order valence-electron chi connectivity index (χ4n) is 1.69. The summed E-state index contributed by atoms with van der Waals surface area (Å²) in [7, 11) is 0. The molecule has 4 heteroatoms. The quantitative estimate of drug-likeness (QED) is 0.861. The second kappa shape index (κ2) is 6.77. The molecular weight excluding hydrogens is 228 g/mol. The summed E-state index contributed by atoms with van der Waals surface area (Å²) < 4.78 is 0. The first-order chi connectivity index (χ1) is 8.60. The number of carbonyl (C=O) groups is 1. The summed E-state index contributed by atoms with van der Waals surface area (Å²) in [6, 6.07) is 8.70. The van der Waals surface area contributed by atoms with Gasteiger partial charge in [-0.2, -0.15) is 5.26 Å². The van der Waals surface area contributed by atoms with Gasteiger partial charge in [0.1, 0.15) is 0 Å². The van der Waals surface area contributed by atoms with Crippen LogP contribution in [-0.2, 0) is 0 Å². The lowest BCUT2D eigenvalue weighted by atomic mass is 10.1. The summed E-state index contributed by atoms with van der Waals surface area (Å²) in [5.41, 5.74) is 1.11. The molecule has 1 N–H and O–H groups in total. The van der Waals surface area contributed by atoms with E-state index in [2.05, 4.69) is 0 Å². The van der Waals surface area contributed by atoms with Crippen LogP contribution in [0.1, 0.15) is 36.2 Å². The number of aliphatic hydroxyl groups is 1. The molecule has 0 bridgehead atoms. The van der Waals surface area contributed by atoms with Gasteiger partial charge in [-0.1, -0.05) is 0 Å². The average molecular weight is 246 g/mol. The molecule has 18 heavy (non-hydrogen) atoms. The highest BCUT2D eigenvalue weighted by Crippen LogP contribution is 2.10. The number of nitrogens with zero attached hydrogens (tertiary/aromatic N) is 2. The van der Waals surface area contributed by atoms with E-state index < -0.39 is 0 Å². The van der Waals surface area contributed by atoms with Gasteiger partial charge in [-0.15, -0.1) is 0 Å². The van der Waals surface area contributed by atoms with E-state index in [4.69, 9.17) is 10.4 Å². The van der Waals surface area contributed by atoms with Gasteiger partial charge in [0.2, 0.25) is 0 Å². The van der Waals surface area contributed by atoms with Gasteiger partial charge in [0.25, 0.3) is 5.91 Å². The largest absolute Gasteiger partial charge is 0.396 e. The van der Waals surface area contributed by atoms with Crippen LogP contribution < -0.4 is 0 Å². The van der Waals surface area contributed by atoms with Gasteiger partial charge in [-0.05, 0) is 44.5 Å². The summed E-state index contributed by atoms with van der Waals surface area (Å²) in [5, 5.41) is 17.6. The summed E-state index contributed by atoms with van der Waals surface area (Å²) >= 11 is 0. The van der Waals surface area contributed by atoms with Crippen molar-refractivity contribution >= 4 is 5.91 Å². The normalized spacial score (nSPS) is 10.2. The maximum Gasteiger partial charge on any atom is 0.254 e. The van der Waals surface area contributed by atoms with Crippen LogP contribution in [0.5, 0.6) is 0 Å². The highest BCUT2D eigenvalue weighted by atomic mass is 16.3. The lowest BCUT2D eigenvalue weighted by Crippen LogP contribution is -2.38. The van der Waals surface area contributed by atoms with Gasteiger partial charge in [0.15, 0.2) is 0 Å². The third-order valence-electron chi connectivity index (χ3n) is 2.70. The highest BCUT2D eigenvalue weighted by Gasteiger charge is 2.17. The zero-order valence-corrected chi connectivity index (χ0v) is 10.8. The smallest absolute Gasteiger partial charge is 0.254 e.